The van der Waals surface area contributed by atoms with Crippen molar-refractivity contribution in [3.05, 3.63) is 3.95 Å². The first-order valence-electron chi connectivity index (χ1n) is 7.13. The van der Waals surface area contributed by atoms with Gasteiger partial charge < -0.3 is 10.1 Å². The van der Waals surface area contributed by atoms with Crippen LogP contribution < -0.4 is 5.32 Å². The Labute approximate surface area is 138 Å². The smallest absolute Gasteiger partial charge is 0.230 e. The first-order valence-corrected chi connectivity index (χ1v) is 9.34. The van der Waals surface area contributed by atoms with Crippen LogP contribution in [-0.2, 0) is 9.53 Å². The van der Waals surface area contributed by atoms with E-state index < -0.39 is 0 Å². The van der Waals surface area contributed by atoms with Gasteiger partial charge in [-0.15, -0.1) is 0 Å². The van der Waals surface area contributed by atoms with Crippen LogP contribution in [0.1, 0.15) is 26.7 Å². The topological polar surface area (TPSA) is 67.0 Å². The van der Waals surface area contributed by atoms with Crippen LogP contribution in [0.4, 0.5) is 0 Å². The van der Waals surface area contributed by atoms with Gasteiger partial charge in [-0.05, 0) is 31.0 Å². The number of H-pyrrole nitrogens is 1. The van der Waals surface area contributed by atoms with E-state index in [0.717, 1.165) is 23.8 Å². The molecule has 2 heterocycles. The third-order valence-corrected chi connectivity index (χ3v) is 5.69. The summed E-state index contributed by atoms with van der Waals surface area (Å²) in [6.07, 6.45) is 2.45. The number of amides is 1. The minimum atomic E-state index is 0.0363. The van der Waals surface area contributed by atoms with Gasteiger partial charge >= 0.3 is 0 Å². The monoisotopic (exact) mass is 347 g/mol. The van der Waals surface area contributed by atoms with Crippen LogP contribution in [0.5, 0.6) is 0 Å². The Morgan fingerprint density at radius 3 is 3.14 bits per heavy atom. The number of carbonyl (C=O) groups excluding carboxylic acids is 1. The van der Waals surface area contributed by atoms with Gasteiger partial charge in [-0.3, -0.25) is 9.89 Å². The Kier molecular flexibility index (Phi) is 6.66. The molecule has 0 radical (unpaired) electrons. The second-order valence-electron chi connectivity index (χ2n) is 5.45. The van der Waals surface area contributed by atoms with Crippen molar-refractivity contribution in [1.29, 1.82) is 0 Å². The number of rotatable bonds is 6. The van der Waals surface area contributed by atoms with Gasteiger partial charge in [0.2, 0.25) is 5.91 Å². The van der Waals surface area contributed by atoms with E-state index >= 15 is 0 Å². The number of carbonyl (C=O) groups is 1. The molecule has 0 saturated carbocycles. The molecule has 0 spiro atoms. The quantitative estimate of drug-likeness (QED) is 0.612. The predicted octanol–water partition coefficient (Wildman–Crippen LogP) is 2.86. The second kappa shape index (κ2) is 8.26. The lowest BCUT2D eigenvalue weighted by molar-refractivity contribution is -0.119. The van der Waals surface area contributed by atoms with Gasteiger partial charge in [0.25, 0.3) is 0 Å². The van der Waals surface area contributed by atoms with E-state index in [4.69, 9.17) is 17.0 Å². The Morgan fingerprint density at radius 1 is 1.67 bits per heavy atom. The predicted molar refractivity (Wildman–Crippen MR) is 88.3 cm³/mol. The molecule has 8 heteroatoms. The van der Waals surface area contributed by atoms with Gasteiger partial charge in [-0.1, -0.05) is 36.9 Å². The summed E-state index contributed by atoms with van der Waals surface area (Å²) >= 11 is 7.76. The molecule has 2 N–H and O–H groups in total. The fourth-order valence-corrected chi connectivity index (χ4v) is 4.43. The van der Waals surface area contributed by atoms with Gasteiger partial charge in [-0.2, -0.15) is 5.10 Å². The first-order chi connectivity index (χ1) is 10.1. The van der Waals surface area contributed by atoms with Crippen LogP contribution in [0.15, 0.2) is 4.34 Å². The Morgan fingerprint density at radius 2 is 2.48 bits per heavy atom. The van der Waals surface area contributed by atoms with Crippen LogP contribution in [0.3, 0.4) is 0 Å². The average molecular weight is 348 g/mol. The fraction of sp³-hybridized carbons (Fsp3) is 0.769. The van der Waals surface area contributed by atoms with Crippen molar-refractivity contribution in [2.45, 2.75) is 37.1 Å². The number of nitrogens with one attached hydrogen (secondary N) is 2. The maximum Gasteiger partial charge on any atom is 0.230 e. The van der Waals surface area contributed by atoms with E-state index in [9.17, 15) is 4.79 Å². The lowest BCUT2D eigenvalue weighted by atomic mass is 9.87. The molecule has 1 amide bonds. The molecule has 0 aliphatic carbocycles. The molecular formula is C13H21N3O2S3. The molecule has 1 aromatic heterocycles. The van der Waals surface area contributed by atoms with Gasteiger partial charge in [0.05, 0.1) is 11.9 Å². The number of aromatic amines is 1. The van der Waals surface area contributed by atoms with E-state index in [1.807, 2.05) is 0 Å². The third-order valence-electron chi connectivity index (χ3n) is 3.46. The highest BCUT2D eigenvalue weighted by Crippen LogP contribution is 2.26. The molecule has 1 aromatic rings. The number of aromatic nitrogens is 2. The largest absolute Gasteiger partial charge is 0.378 e. The molecule has 5 nitrogen and oxygen atoms in total. The Bertz CT molecular complexity index is 515. The zero-order chi connectivity index (χ0) is 15.2. The summed E-state index contributed by atoms with van der Waals surface area (Å²) in [7, 11) is 0. The Balaban J connectivity index is 1.73. The van der Waals surface area contributed by atoms with E-state index in [1.165, 1.54) is 23.1 Å². The lowest BCUT2D eigenvalue weighted by Crippen LogP contribution is -2.41. The Hall–Kier alpha value is -0.440. The van der Waals surface area contributed by atoms with Crippen molar-refractivity contribution < 1.29 is 9.53 Å². The lowest BCUT2D eigenvalue weighted by Gasteiger charge is -2.34. The van der Waals surface area contributed by atoms with E-state index in [1.54, 1.807) is 0 Å². The zero-order valence-electron chi connectivity index (χ0n) is 12.3. The highest BCUT2D eigenvalue weighted by Gasteiger charge is 2.28. The summed E-state index contributed by atoms with van der Waals surface area (Å²) in [5, 5.41) is 9.75. The molecule has 0 unspecified atom stereocenters. The number of hydrogen-bond donors (Lipinski definition) is 2. The number of thioether (sulfide) groups is 1. The van der Waals surface area contributed by atoms with E-state index in [2.05, 4.69) is 29.4 Å². The van der Waals surface area contributed by atoms with Crippen LogP contribution in [0.25, 0.3) is 0 Å². The van der Waals surface area contributed by atoms with Crippen molar-refractivity contribution in [3.8, 4) is 0 Å². The maximum absolute atomic E-state index is 11.9. The molecule has 1 aliphatic heterocycles. The molecule has 2 rings (SSSR count). The summed E-state index contributed by atoms with van der Waals surface area (Å²) in [5.74, 6) is 1.31. The van der Waals surface area contributed by atoms with Gasteiger partial charge in [0, 0.05) is 19.1 Å². The zero-order valence-corrected chi connectivity index (χ0v) is 14.7. The molecule has 1 aliphatic rings. The van der Waals surface area contributed by atoms with Crippen LogP contribution >= 0.6 is 35.3 Å². The van der Waals surface area contributed by atoms with E-state index in [-0.39, 0.29) is 12.0 Å². The summed E-state index contributed by atoms with van der Waals surface area (Å²) in [5.41, 5.74) is 0. The molecule has 118 valence electrons. The minimum Gasteiger partial charge on any atom is -0.378 e. The molecule has 21 heavy (non-hydrogen) atoms. The SMILES string of the molecule is CC(C)[C@@H]1OCCC[C@@H]1CNC(=O)CSc1n[nH]c(=S)s1. The normalized spacial score (nSPS) is 22.4. The molecule has 1 fully saturated rings. The number of nitrogens with zero attached hydrogens (tertiary/aromatic N) is 1. The average Bonchev–Trinajstić information content (AvgIpc) is 2.88. The fourth-order valence-electron chi connectivity index (χ4n) is 2.52. The van der Waals surface area contributed by atoms with Crippen molar-refractivity contribution >= 4 is 41.2 Å². The highest BCUT2D eigenvalue weighted by atomic mass is 32.2. The van der Waals surface area contributed by atoms with Crippen LogP contribution in [0.2, 0.25) is 0 Å². The highest BCUT2D eigenvalue weighted by molar-refractivity contribution is 8.01. The minimum absolute atomic E-state index is 0.0363. The van der Waals surface area contributed by atoms with E-state index in [0.29, 0.717) is 28.1 Å². The maximum atomic E-state index is 11.9. The standard InChI is InChI=1S/C13H21N3O2S3/c1-8(2)11-9(4-3-5-18-11)6-14-10(17)7-20-13-16-15-12(19)21-13/h8-9,11H,3-7H2,1-2H3,(H,14,17)(H,15,19)/t9-,11+/m1/s1. The molecule has 1 saturated heterocycles. The first kappa shape index (κ1) is 16.9. The molecular weight excluding hydrogens is 326 g/mol. The molecule has 2 atom stereocenters. The number of hydrogen-bond acceptors (Lipinski definition) is 6. The van der Waals surface area contributed by atoms with Gasteiger partial charge in [-0.25, -0.2) is 0 Å². The van der Waals surface area contributed by atoms with Crippen molar-refractivity contribution in [2.24, 2.45) is 11.8 Å². The summed E-state index contributed by atoms with van der Waals surface area (Å²) < 4.78 is 7.27. The summed E-state index contributed by atoms with van der Waals surface area (Å²) in [6, 6.07) is 0. The second-order valence-corrected chi connectivity index (χ2v) is 8.34. The third kappa shape index (κ3) is 5.36. The summed E-state index contributed by atoms with van der Waals surface area (Å²) in [4.78, 5) is 11.9. The molecule has 0 bridgehead atoms. The molecule has 0 aromatic carbocycles. The van der Waals surface area contributed by atoms with Crippen molar-refractivity contribution in [3.63, 3.8) is 0 Å². The van der Waals surface area contributed by atoms with Crippen LogP contribution in [-0.4, -0.2) is 41.1 Å². The number of ether oxygens (including phenoxy) is 1. The van der Waals surface area contributed by atoms with Crippen LogP contribution in [0, 0.1) is 15.8 Å². The van der Waals surface area contributed by atoms with Gasteiger partial charge in [0.1, 0.15) is 0 Å². The van der Waals surface area contributed by atoms with Gasteiger partial charge in [0.15, 0.2) is 8.29 Å². The summed E-state index contributed by atoms with van der Waals surface area (Å²) in [6.45, 7) is 5.88. The van der Waals surface area contributed by atoms with Crippen molar-refractivity contribution in [2.75, 3.05) is 18.9 Å². The van der Waals surface area contributed by atoms with Crippen molar-refractivity contribution in [1.82, 2.24) is 15.5 Å².